The molecule has 6 nitrogen and oxygen atoms in total. The summed E-state index contributed by atoms with van der Waals surface area (Å²) in [4.78, 5) is 26.1. The lowest BCUT2D eigenvalue weighted by Gasteiger charge is -2.48. The first-order valence-corrected chi connectivity index (χ1v) is 11.2. The number of carbonyl (C=O) groups excluding carboxylic acids is 1. The Hall–Kier alpha value is -3.25. The Morgan fingerprint density at radius 1 is 0.875 bits per heavy atom. The molecule has 3 aromatic rings. The van der Waals surface area contributed by atoms with Crippen LogP contribution < -0.4 is 10.2 Å². The number of aromatic nitrogens is 2. The van der Waals surface area contributed by atoms with E-state index < -0.39 is 0 Å². The molecule has 2 aromatic carbocycles. The van der Waals surface area contributed by atoms with Gasteiger partial charge in [0.05, 0.1) is 30.2 Å². The summed E-state index contributed by atoms with van der Waals surface area (Å²) in [5, 5.41) is 3.31. The van der Waals surface area contributed by atoms with Crippen molar-refractivity contribution >= 4 is 11.7 Å². The Morgan fingerprint density at radius 3 is 2.06 bits per heavy atom. The van der Waals surface area contributed by atoms with Crippen LogP contribution in [0, 0.1) is 0 Å². The Balaban J connectivity index is 1.33. The fourth-order valence-corrected chi connectivity index (χ4v) is 5.28. The molecule has 1 spiro atoms. The van der Waals surface area contributed by atoms with Crippen LogP contribution in [-0.4, -0.2) is 47.1 Å². The van der Waals surface area contributed by atoms with Gasteiger partial charge in [-0.2, -0.15) is 0 Å². The van der Waals surface area contributed by atoms with Crippen LogP contribution in [0.4, 0.5) is 10.5 Å². The maximum atomic E-state index is 12.9. The number of urea groups is 1. The molecule has 164 valence electrons. The Labute approximate surface area is 189 Å². The van der Waals surface area contributed by atoms with Gasteiger partial charge in [0.25, 0.3) is 0 Å². The van der Waals surface area contributed by atoms with Gasteiger partial charge < -0.3 is 5.32 Å². The molecule has 0 bridgehead atoms. The van der Waals surface area contributed by atoms with Gasteiger partial charge in [0.15, 0.2) is 5.82 Å². The van der Waals surface area contributed by atoms with Crippen molar-refractivity contribution in [3.8, 4) is 11.4 Å². The molecule has 1 N–H and O–H groups in total. The summed E-state index contributed by atoms with van der Waals surface area (Å²) in [6.45, 7) is 0.651. The van der Waals surface area contributed by atoms with Crippen LogP contribution in [0.3, 0.4) is 0 Å². The predicted octanol–water partition coefficient (Wildman–Crippen LogP) is 4.44. The highest BCUT2D eigenvalue weighted by atomic mass is 16.2. The quantitative estimate of drug-likeness (QED) is 0.669. The second-order valence-corrected chi connectivity index (χ2v) is 9.22. The average Bonchev–Trinajstić information content (AvgIpc) is 3.16. The lowest BCUT2D eigenvalue weighted by molar-refractivity contribution is 0.0658. The van der Waals surface area contributed by atoms with Gasteiger partial charge in [0, 0.05) is 11.1 Å². The van der Waals surface area contributed by atoms with Crippen molar-refractivity contribution in [2.75, 3.05) is 25.5 Å². The number of hydrogen-bond acceptors (Lipinski definition) is 4. The number of nitrogens with one attached hydrogen (secondary N) is 1. The molecule has 1 aliphatic carbocycles. The second-order valence-electron chi connectivity index (χ2n) is 9.22. The van der Waals surface area contributed by atoms with Gasteiger partial charge in [0.2, 0.25) is 0 Å². The van der Waals surface area contributed by atoms with Crippen LogP contribution in [0.1, 0.15) is 31.2 Å². The van der Waals surface area contributed by atoms with Crippen molar-refractivity contribution in [3.05, 3.63) is 78.6 Å². The molecule has 32 heavy (non-hydrogen) atoms. The maximum absolute atomic E-state index is 12.9. The zero-order valence-corrected chi connectivity index (χ0v) is 18.7. The van der Waals surface area contributed by atoms with Crippen molar-refractivity contribution in [1.29, 1.82) is 0 Å². The predicted molar refractivity (Wildman–Crippen MR) is 126 cm³/mol. The van der Waals surface area contributed by atoms with Gasteiger partial charge in [0.1, 0.15) is 0 Å². The average molecular weight is 428 g/mol. The number of hydrogen-bond donors (Lipinski definition) is 1. The minimum Gasteiger partial charge on any atom is -0.330 e. The van der Waals surface area contributed by atoms with E-state index in [0.717, 1.165) is 36.9 Å². The van der Waals surface area contributed by atoms with Crippen LogP contribution in [0.15, 0.2) is 73.1 Å². The number of amides is 2. The molecular weight excluding hydrogens is 398 g/mol. The SMILES string of the molecule is CN(C)[C@]1(c2ccccc2)CC[C@]2(CC1)CN(c1cnc(-c3ccccc3)nc1)C(=O)N2. The van der Waals surface area contributed by atoms with E-state index in [-0.39, 0.29) is 17.1 Å². The minimum absolute atomic E-state index is 0.00506. The fourth-order valence-electron chi connectivity index (χ4n) is 5.28. The molecule has 0 atom stereocenters. The van der Waals surface area contributed by atoms with Gasteiger partial charge in [-0.25, -0.2) is 14.8 Å². The van der Waals surface area contributed by atoms with Gasteiger partial charge in [-0.15, -0.1) is 0 Å². The van der Waals surface area contributed by atoms with Gasteiger partial charge in [-0.05, 0) is 45.3 Å². The molecule has 2 fully saturated rings. The summed E-state index contributed by atoms with van der Waals surface area (Å²) in [5.74, 6) is 0.667. The van der Waals surface area contributed by atoms with Crippen LogP contribution in [0.25, 0.3) is 11.4 Å². The van der Waals surface area contributed by atoms with E-state index in [1.54, 1.807) is 17.3 Å². The molecule has 0 unspecified atom stereocenters. The molecule has 1 aromatic heterocycles. The van der Waals surface area contributed by atoms with E-state index in [1.807, 2.05) is 30.3 Å². The van der Waals surface area contributed by atoms with E-state index in [4.69, 9.17) is 0 Å². The summed E-state index contributed by atoms with van der Waals surface area (Å²) < 4.78 is 0. The molecule has 0 radical (unpaired) electrons. The van der Waals surface area contributed by atoms with Gasteiger partial charge in [-0.3, -0.25) is 9.80 Å². The topological polar surface area (TPSA) is 61.4 Å². The van der Waals surface area contributed by atoms with Crippen molar-refractivity contribution < 1.29 is 4.79 Å². The smallest absolute Gasteiger partial charge is 0.322 e. The standard InChI is InChI=1S/C26H29N5O/c1-30(2)26(21-11-7-4-8-12-21)15-13-25(14-16-26)19-31(24(32)29-25)22-17-27-23(28-18-22)20-9-5-3-6-10-20/h3-12,17-18H,13-16,19H2,1-2H3,(H,29,32)/t25-,26+. The number of carbonyl (C=O) groups is 1. The first-order valence-electron chi connectivity index (χ1n) is 11.2. The van der Waals surface area contributed by atoms with Crippen LogP contribution in [0.2, 0.25) is 0 Å². The summed E-state index contributed by atoms with van der Waals surface area (Å²) >= 11 is 0. The normalized spacial score (nSPS) is 25.3. The van der Waals surface area contributed by atoms with Crippen molar-refractivity contribution in [2.45, 2.75) is 36.8 Å². The van der Waals surface area contributed by atoms with Gasteiger partial charge in [-0.1, -0.05) is 60.7 Å². The van der Waals surface area contributed by atoms with E-state index in [9.17, 15) is 4.79 Å². The van der Waals surface area contributed by atoms with E-state index in [1.165, 1.54) is 5.56 Å². The molecule has 1 saturated heterocycles. The molecule has 5 rings (SSSR count). The van der Waals surface area contributed by atoms with Crippen molar-refractivity contribution in [1.82, 2.24) is 20.2 Å². The summed E-state index contributed by atoms with van der Waals surface area (Å²) in [5.41, 5.74) is 2.86. The van der Waals surface area contributed by atoms with Crippen molar-refractivity contribution in [2.24, 2.45) is 0 Å². The van der Waals surface area contributed by atoms with E-state index in [0.29, 0.717) is 12.4 Å². The van der Waals surface area contributed by atoms with Gasteiger partial charge >= 0.3 is 6.03 Å². The second kappa shape index (κ2) is 8.02. The molecule has 1 aliphatic heterocycles. The van der Waals surface area contributed by atoms with Crippen LogP contribution >= 0.6 is 0 Å². The third kappa shape index (κ3) is 3.54. The highest BCUT2D eigenvalue weighted by molar-refractivity contribution is 5.95. The van der Waals surface area contributed by atoms with Crippen LogP contribution in [-0.2, 0) is 5.54 Å². The Bertz CT molecular complexity index is 1070. The number of benzene rings is 2. The zero-order chi connectivity index (χ0) is 22.2. The zero-order valence-electron chi connectivity index (χ0n) is 18.7. The molecule has 2 amide bonds. The Morgan fingerprint density at radius 2 is 1.47 bits per heavy atom. The first kappa shape index (κ1) is 20.6. The number of rotatable bonds is 4. The monoisotopic (exact) mass is 427 g/mol. The summed E-state index contributed by atoms with van der Waals surface area (Å²) in [6.07, 6.45) is 7.38. The molecule has 1 saturated carbocycles. The summed E-state index contributed by atoms with van der Waals surface area (Å²) in [7, 11) is 4.33. The Kier molecular flexibility index (Phi) is 5.18. The molecule has 2 heterocycles. The minimum atomic E-state index is -0.205. The maximum Gasteiger partial charge on any atom is 0.322 e. The largest absolute Gasteiger partial charge is 0.330 e. The van der Waals surface area contributed by atoms with E-state index >= 15 is 0 Å². The molecular formula is C26H29N5O. The lowest BCUT2D eigenvalue weighted by atomic mass is 9.69. The highest BCUT2D eigenvalue weighted by Crippen LogP contribution is 2.46. The third-order valence-electron chi connectivity index (χ3n) is 7.26. The number of nitrogens with zero attached hydrogens (tertiary/aromatic N) is 4. The molecule has 2 aliphatic rings. The van der Waals surface area contributed by atoms with Crippen molar-refractivity contribution in [3.63, 3.8) is 0 Å². The summed E-state index contributed by atoms with van der Waals surface area (Å²) in [6, 6.07) is 20.6. The van der Waals surface area contributed by atoms with Crippen LogP contribution in [0.5, 0.6) is 0 Å². The molecule has 6 heteroatoms. The lowest BCUT2D eigenvalue weighted by Crippen LogP contribution is -2.54. The third-order valence-corrected chi connectivity index (χ3v) is 7.26. The number of anilines is 1. The highest BCUT2D eigenvalue weighted by Gasteiger charge is 2.50. The van der Waals surface area contributed by atoms with E-state index in [2.05, 4.69) is 64.6 Å². The fraction of sp³-hybridized carbons (Fsp3) is 0.346. The first-order chi connectivity index (χ1) is 15.5.